The summed E-state index contributed by atoms with van der Waals surface area (Å²) in [5, 5.41) is 14.0. The molecule has 1 N–H and O–H groups in total. The Labute approximate surface area is 122 Å². The molecule has 1 fully saturated rings. The molecule has 0 saturated heterocycles. The molecular weight excluding hydrogens is 283 g/mol. The molecule has 0 atom stereocenters. The van der Waals surface area contributed by atoms with Gasteiger partial charge >= 0.3 is 0 Å². The van der Waals surface area contributed by atoms with Crippen LogP contribution < -0.4 is 5.32 Å². The van der Waals surface area contributed by atoms with Gasteiger partial charge in [-0.2, -0.15) is 0 Å². The minimum Gasteiger partial charge on any atom is -0.379 e. The van der Waals surface area contributed by atoms with Crippen LogP contribution in [0.25, 0.3) is 0 Å². The number of nitrogens with zero attached hydrogens (tertiary/aromatic N) is 1. The Morgan fingerprint density at radius 1 is 1.45 bits per heavy atom. The van der Waals surface area contributed by atoms with E-state index >= 15 is 0 Å². The first-order chi connectivity index (χ1) is 9.47. The summed E-state index contributed by atoms with van der Waals surface area (Å²) in [6, 6.07) is 2.17. The fraction of sp³-hybridized carbons (Fsp3) is 0.571. The maximum Gasteiger partial charge on any atom is 0.295 e. The minimum atomic E-state index is -0.769. The standard InChI is InChI=1S/C14H18ClFN2O2/c1-2-14(5-3-4-6-14)9-17-12-7-10(15)11(16)8-13(12)18(19)20/h7-8,17H,2-6,9H2,1H3. The summed E-state index contributed by atoms with van der Waals surface area (Å²) in [6.07, 6.45) is 5.67. The zero-order valence-corrected chi connectivity index (χ0v) is 12.2. The van der Waals surface area contributed by atoms with Gasteiger partial charge in [-0.05, 0) is 30.7 Å². The van der Waals surface area contributed by atoms with Crippen molar-refractivity contribution in [1.29, 1.82) is 0 Å². The highest BCUT2D eigenvalue weighted by atomic mass is 35.5. The van der Waals surface area contributed by atoms with Crippen LogP contribution in [0.2, 0.25) is 5.02 Å². The predicted molar refractivity (Wildman–Crippen MR) is 77.7 cm³/mol. The van der Waals surface area contributed by atoms with E-state index in [4.69, 9.17) is 11.6 Å². The second kappa shape index (κ2) is 5.95. The summed E-state index contributed by atoms with van der Waals surface area (Å²) in [5.41, 5.74) is 0.214. The highest BCUT2D eigenvalue weighted by Crippen LogP contribution is 2.41. The predicted octanol–water partition coefficient (Wildman–Crippen LogP) is 4.77. The molecule has 0 spiro atoms. The van der Waals surface area contributed by atoms with Gasteiger partial charge in [-0.1, -0.05) is 31.4 Å². The molecular formula is C14H18ClFN2O2. The Morgan fingerprint density at radius 2 is 2.10 bits per heavy atom. The minimum absolute atomic E-state index is 0.102. The van der Waals surface area contributed by atoms with E-state index in [1.165, 1.54) is 18.9 Å². The van der Waals surface area contributed by atoms with Crippen LogP contribution in [-0.4, -0.2) is 11.5 Å². The number of anilines is 1. The fourth-order valence-corrected chi connectivity index (χ4v) is 3.06. The topological polar surface area (TPSA) is 55.2 Å². The summed E-state index contributed by atoms with van der Waals surface area (Å²) in [7, 11) is 0. The third-order valence-corrected chi connectivity index (χ3v) is 4.59. The van der Waals surface area contributed by atoms with Crippen LogP contribution >= 0.6 is 11.6 Å². The summed E-state index contributed by atoms with van der Waals surface area (Å²) < 4.78 is 13.3. The van der Waals surface area contributed by atoms with Crippen molar-refractivity contribution in [3.8, 4) is 0 Å². The van der Waals surface area contributed by atoms with Crippen molar-refractivity contribution >= 4 is 23.0 Å². The smallest absolute Gasteiger partial charge is 0.295 e. The van der Waals surface area contributed by atoms with Crippen LogP contribution in [-0.2, 0) is 0 Å². The van der Waals surface area contributed by atoms with E-state index in [0.29, 0.717) is 12.2 Å². The van der Waals surface area contributed by atoms with E-state index in [1.54, 1.807) is 0 Å². The molecule has 1 aliphatic carbocycles. The molecule has 110 valence electrons. The first-order valence-electron chi connectivity index (χ1n) is 6.85. The fourth-order valence-electron chi connectivity index (χ4n) is 2.89. The van der Waals surface area contributed by atoms with E-state index in [2.05, 4.69) is 12.2 Å². The number of hydrogen-bond acceptors (Lipinski definition) is 3. The Bertz CT molecular complexity index is 516. The number of halogens is 2. The van der Waals surface area contributed by atoms with Crippen LogP contribution in [0.5, 0.6) is 0 Å². The molecule has 0 aliphatic heterocycles. The largest absolute Gasteiger partial charge is 0.379 e. The highest BCUT2D eigenvalue weighted by molar-refractivity contribution is 6.31. The van der Waals surface area contributed by atoms with Gasteiger partial charge in [0.15, 0.2) is 0 Å². The Morgan fingerprint density at radius 3 is 2.65 bits per heavy atom. The molecule has 1 saturated carbocycles. The lowest BCUT2D eigenvalue weighted by atomic mass is 9.83. The van der Waals surface area contributed by atoms with Gasteiger partial charge in [0.25, 0.3) is 5.69 Å². The lowest BCUT2D eigenvalue weighted by molar-refractivity contribution is -0.384. The van der Waals surface area contributed by atoms with Crippen molar-refractivity contribution in [3.05, 3.63) is 33.1 Å². The van der Waals surface area contributed by atoms with Crippen molar-refractivity contribution in [3.63, 3.8) is 0 Å². The van der Waals surface area contributed by atoms with Gasteiger partial charge in [-0.15, -0.1) is 0 Å². The normalized spacial score (nSPS) is 17.1. The lowest BCUT2D eigenvalue weighted by Gasteiger charge is -2.28. The summed E-state index contributed by atoms with van der Waals surface area (Å²) in [5.74, 6) is -0.769. The molecule has 1 aromatic rings. The van der Waals surface area contributed by atoms with E-state index in [1.807, 2.05) is 0 Å². The molecule has 1 aliphatic rings. The molecule has 0 heterocycles. The Kier molecular flexibility index (Phi) is 4.48. The second-order valence-corrected chi connectivity index (χ2v) is 5.86. The van der Waals surface area contributed by atoms with Crippen LogP contribution in [0.1, 0.15) is 39.0 Å². The molecule has 0 aromatic heterocycles. The molecule has 20 heavy (non-hydrogen) atoms. The third-order valence-electron chi connectivity index (χ3n) is 4.30. The first-order valence-corrected chi connectivity index (χ1v) is 7.22. The average molecular weight is 301 g/mol. The van der Waals surface area contributed by atoms with Gasteiger partial charge in [0.2, 0.25) is 0 Å². The van der Waals surface area contributed by atoms with Crippen molar-refractivity contribution in [1.82, 2.24) is 0 Å². The number of benzene rings is 1. The quantitative estimate of drug-likeness (QED) is 0.629. The molecule has 0 unspecified atom stereocenters. The second-order valence-electron chi connectivity index (χ2n) is 5.45. The number of rotatable bonds is 5. The van der Waals surface area contributed by atoms with Gasteiger partial charge in [0.1, 0.15) is 11.5 Å². The number of nitrogens with one attached hydrogen (secondary N) is 1. The summed E-state index contributed by atoms with van der Waals surface area (Å²) >= 11 is 5.72. The van der Waals surface area contributed by atoms with E-state index in [-0.39, 0.29) is 16.1 Å². The third kappa shape index (κ3) is 3.03. The molecule has 1 aromatic carbocycles. The molecule has 6 heteroatoms. The van der Waals surface area contributed by atoms with Crippen molar-refractivity contribution in [2.45, 2.75) is 39.0 Å². The maximum atomic E-state index is 13.3. The monoisotopic (exact) mass is 300 g/mol. The number of hydrogen-bond donors (Lipinski definition) is 1. The summed E-state index contributed by atoms with van der Waals surface area (Å²) in [4.78, 5) is 10.4. The molecule has 4 nitrogen and oxygen atoms in total. The Balaban J connectivity index is 2.20. The van der Waals surface area contributed by atoms with E-state index in [0.717, 1.165) is 25.3 Å². The van der Waals surface area contributed by atoms with Crippen molar-refractivity contribution < 1.29 is 9.31 Å². The summed E-state index contributed by atoms with van der Waals surface area (Å²) in [6.45, 7) is 2.80. The SMILES string of the molecule is CCC1(CNc2cc(Cl)c(F)cc2[N+](=O)[O-])CCCC1. The van der Waals surface area contributed by atoms with E-state index in [9.17, 15) is 14.5 Å². The van der Waals surface area contributed by atoms with E-state index < -0.39 is 10.7 Å². The van der Waals surface area contributed by atoms with Crippen molar-refractivity contribution in [2.75, 3.05) is 11.9 Å². The number of nitro benzene ring substituents is 1. The molecule has 0 radical (unpaired) electrons. The molecule has 2 rings (SSSR count). The van der Waals surface area contributed by atoms with Crippen LogP contribution in [0.3, 0.4) is 0 Å². The average Bonchev–Trinajstić information content (AvgIpc) is 2.89. The zero-order chi connectivity index (χ0) is 14.8. The number of nitro groups is 1. The Hall–Kier alpha value is -1.36. The van der Waals surface area contributed by atoms with Crippen LogP contribution in [0.4, 0.5) is 15.8 Å². The zero-order valence-electron chi connectivity index (χ0n) is 11.4. The van der Waals surface area contributed by atoms with Gasteiger partial charge in [-0.25, -0.2) is 4.39 Å². The maximum absolute atomic E-state index is 13.3. The van der Waals surface area contributed by atoms with Gasteiger partial charge in [0.05, 0.1) is 16.0 Å². The lowest BCUT2D eigenvalue weighted by Crippen LogP contribution is -2.26. The van der Waals surface area contributed by atoms with Gasteiger partial charge in [0, 0.05) is 6.54 Å². The first kappa shape index (κ1) is 15.0. The highest BCUT2D eigenvalue weighted by Gasteiger charge is 2.32. The van der Waals surface area contributed by atoms with Crippen LogP contribution in [0, 0.1) is 21.3 Å². The van der Waals surface area contributed by atoms with Crippen LogP contribution in [0.15, 0.2) is 12.1 Å². The van der Waals surface area contributed by atoms with Gasteiger partial charge < -0.3 is 5.32 Å². The van der Waals surface area contributed by atoms with Gasteiger partial charge in [-0.3, -0.25) is 10.1 Å². The molecule has 0 bridgehead atoms. The van der Waals surface area contributed by atoms with Crippen molar-refractivity contribution in [2.24, 2.45) is 5.41 Å². The molecule has 0 amide bonds.